The second-order valence-electron chi connectivity index (χ2n) is 6.15. The fraction of sp³-hybridized carbons (Fsp3) is 0.211. The van der Waals surface area contributed by atoms with Gasteiger partial charge in [-0.05, 0) is 48.7 Å². The number of carbonyl (C=O) groups excluding carboxylic acids is 1. The van der Waals surface area contributed by atoms with Crippen molar-refractivity contribution in [2.45, 2.75) is 18.9 Å². The van der Waals surface area contributed by atoms with Crippen molar-refractivity contribution in [2.24, 2.45) is 0 Å². The summed E-state index contributed by atoms with van der Waals surface area (Å²) in [5, 5.41) is 7.77. The second kappa shape index (κ2) is 7.17. The molecule has 3 aromatic rings. The number of benzene rings is 1. The van der Waals surface area contributed by atoms with Crippen LogP contribution in [0.2, 0.25) is 5.02 Å². The van der Waals surface area contributed by atoms with E-state index in [4.69, 9.17) is 11.6 Å². The predicted molar refractivity (Wildman–Crippen MR) is 101 cm³/mol. The van der Waals surface area contributed by atoms with Crippen LogP contribution >= 0.6 is 11.6 Å². The Morgan fingerprint density at radius 1 is 1.15 bits per heavy atom. The fourth-order valence-electron chi connectivity index (χ4n) is 3.38. The quantitative estimate of drug-likeness (QED) is 0.751. The number of nitrogens with zero attached hydrogens (tertiary/aromatic N) is 4. The summed E-state index contributed by atoms with van der Waals surface area (Å²) in [4.78, 5) is 18.9. The van der Waals surface area contributed by atoms with Gasteiger partial charge in [-0.3, -0.25) is 4.98 Å². The predicted octanol–water partition coefficient (Wildman–Crippen LogP) is 4.29. The van der Waals surface area contributed by atoms with Crippen LogP contribution in [0.1, 0.15) is 24.4 Å². The zero-order valence-corrected chi connectivity index (χ0v) is 14.8. The molecular formula is C19H18ClN5O. The highest BCUT2D eigenvalue weighted by molar-refractivity contribution is 6.33. The third-order valence-corrected chi connectivity index (χ3v) is 4.87. The lowest BCUT2D eigenvalue weighted by atomic mass is 10.1. The number of amides is 2. The Labute approximate surface area is 156 Å². The number of hydrogen-bond acceptors (Lipinski definition) is 3. The van der Waals surface area contributed by atoms with Crippen molar-refractivity contribution in [1.82, 2.24) is 19.7 Å². The average molecular weight is 368 g/mol. The van der Waals surface area contributed by atoms with Crippen molar-refractivity contribution in [1.29, 1.82) is 0 Å². The van der Waals surface area contributed by atoms with Gasteiger partial charge in [0.15, 0.2) is 0 Å². The summed E-state index contributed by atoms with van der Waals surface area (Å²) < 4.78 is 1.66. The molecule has 0 aliphatic carbocycles. The van der Waals surface area contributed by atoms with Crippen molar-refractivity contribution in [3.8, 4) is 5.69 Å². The number of hydrogen-bond donors (Lipinski definition) is 1. The van der Waals surface area contributed by atoms with Crippen LogP contribution in [0, 0.1) is 0 Å². The van der Waals surface area contributed by atoms with Gasteiger partial charge in [-0.25, -0.2) is 9.48 Å². The first-order valence-corrected chi connectivity index (χ1v) is 8.88. The summed E-state index contributed by atoms with van der Waals surface area (Å²) >= 11 is 6.36. The van der Waals surface area contributed by atoms with Gasteiger partial charge in [-0.15, -0.1) is 0 Å². The number of aromatic nitrogens is 3. The van der Waals surface area contributed by atoms with Gasteiger partial charge >= 0.3 is 6.03 Å². The normalized spacial score (nSPS) is 16.7. The van der Waals surface area contributed by atoms with Crippen molar-refractivity contribution in [3.63, 3.8) is 0 Å². The number of pyridine rings is 1. The number of likely N-dealkylation sites (tertiary alicyclic amines) is 1. The van der Waals surface area contributed by atoms with Gasteiger partial charge in [-0.2, -0.15) is 5.10 Å². The first-order valence-electron chi connectivity index (χ1n) is 8.50. The molecule has 4 rings (SSSR count). The fourth-order valence-corrected chi connectivity index (χ4v) is 3.64. The Morgan fingerprint density at radius 3 is 2.77 bits per heavy atom. The van der Waals surface area contributed by atoms with Crippen LogP contribution in [0.15, 0.2) is 61.2 Å². The zero-order chi connectivity index (χ0) is 17.9. The van der Waals surface area contributed by atoms with Crippen LogP contribution < -0.4 is 5.32 Å². The molecule has 7 heteroatoms. The minimum Gasteiger partial charge on any atom is -0.317 e. The van der Waals surface area contributed by atoms with Gasteiger partial charge < -0.3 is 10.2 Å². The van der Waals surface area contributed by atoms with Crippen LogP contribution in [0.5, 0.6) is 0 Å². The lowest BCUT2D eigenvalue weighted by molar-refractivity contribution is 0.207. The SMILES string of the molecule is O=C(Nc1cccc(Cl)c1-n1cccn1)N1CCC[C@@H]1c1ccncc1. The Morgan fingerprint density at radius 2 is 2.00 bits per heavy atom. The van der Waals surface area contributed by atoms with E-state index in [9.17, 15) is 4.79 Å². The highest BCUT2D eigenvalue weighted by Gasteiger charge is 2.30. The molecule has 0 saturated carbocycles. The minimum atomic E-state index is -0.139. The van der Waals surface area contributed by atoms with Crippen LogP contribution in [0.4, 0.5) is 10.5 Å². The minimum absolute atomic E-state index is 0.0605. The molecule has 1 fully saturated rings. The van der Waals surface area contributed by atoms with Crippen molar-refractivity contribution in [2.75, 3.05) is 11.9 Å². The Kier molecular flexibility index (Phi) is 4.58. The molecule has 1 atom stereocenters. The average Bonchev–Trinajstić information content (AvgIpc) is 3.34. The van der Waals surface area contributed by atoms with E-state index in [2.05, 4.69) is 15.4 Å². The number of rotatable bonds is 3. The van der Waals surface area contributed by atoms with Gasteiger partial charge in [0.2, 0.25) is 0 Å². The molecule has 0 spiro atoms. The number of para-hydroxylation sites is 1. The molecule has 0 bridgehead atoms. The summed E-state index contributed by atoms with van der Waals surface area (Å²) in [6.45, 7) is 0.719. The maximum absolute atomic E-state index is 13.0. The molecule has 2 amide bonds. The summed E-state index contributed by atoms with van der Waals surface area (Å²) in [6, 6.07) is 11.1. The Balaban J connectivity index is 1.60. The van der Waals surface area contributed by atoms with E-state index < -0.39 is 0 Å². The molecule has 0 radical (unpaired) electrons. The van der Waals surface area contributed by atoms with Gasteiger partial charge in [-0.1, -0.05) is 17.7 Å². The van der Waals surface area contributed by atoms with Crippen molar-refractivity contribution >= 4 is 23.3 Å². The van der Waals surface area contributed by atoms with Gasteiger partial charge in [0, 0.05) is 31.3 Å². The number of urea groups is 1. The molecule has 26 heavy (non-hydrogen) atoms. The highest BCUT2D eigenvalue weighted by Crippen LogP contribution is 2.33. The first kappa shape index (κ1) is 16.6. The third-order valence-electron chi connectivity index (χ3n) is 4.57. The van der Waals surface area contributed by atoms with Gasteiger partial charge in [0.1, 0.15) is 5.69 Å². The van der Waals surface area contributed by atoms with Crippen molar-refractivity contribution in [3.05, 3.63) is 71.8 Å². The lowest BCUT2D eigenvalue weighted by Gasteiger charge is -2.26. The standard InChI is InChI=1S/C19H18ClN5O/c20-15-4-1-5-16(18(15)25-13-3-9-22-25)23-19(26)24-12-2-6-17(24)14-7-10-21-11-8-14/h1,3-5,7-11,13,17H,2,6,12H2,(H,23,26)/t17-/m1/s1. The van der Waals surface area contributed by atoms with E-state index in [1.54, 1.807) is 35.5 Å². The summed E-state index contributed by atoms with van der Waals surface area (Å²) in [5.41, 5.74) is 2.39. The summed E-state index contributed by atoms with van der Waals surface area (Å²) in [5.74, 6) is 0. The molecule has 1 N–H and O–H groups in total. The number of anilines is 1. The van der Waals surface area contributed by atoms with E-state index in [0.717, 1.165) is 24.9 Å². The Hall–Kier alpha value is -2.86. The molecule has 1 aliphatic heterocycles. The largest absolute Gasteiger partial charge is 0.322 e. The van der Waals surface area contributed by atoms with E-state index in [-0.39, 0.29) is 12.1 Å². The molecular weight excluding hydrogens is 350 g/mol. The molecule has 1 saturated heterocycles. The summed E-state index contributed by atoms with van der Waals surface area (Å²) in [6.07, 6.45) is 8.91. The molecule has 1 aromatic carbocycles. The van der Waals surface area contributed by atoms with Crippen LogP contribution in [-0.2, 0) is 0 Å². The molecule has 132 valence electrons. The van der Waals surface area contributed by atoms with Crippen LogP contribution in [-0.4, -0.2) is 32.2 Å². The molecule has 1 aliphatic rings. The monoisotopic (exact) mass is 367 g/mol. The van der Waals surface area contributed by atoms with Crippen LogP contribution in [0.25, 0.3) is 5.69 Å². The van der Waals surface area contributed by atoms with Crippen molar-refractivity contribution < 1.29 is 4.79 Å². The summed E-state index contributed by atoms with van der Waals surface area (Å²) in [7, 11) is 0. The molecule has 2 aromatic heterocycles. The molecule has 0 unspecified atom stereocenters. The van der Waals surface area contributed by atoms with E-state index >= 15 is 0 Å². The van der Waals surface area contributed by atoms with Gasteiger partial charge in [0.05, 0.1) is 16.8 Å². The number of nitrogens with one attached hydrogen (secondary N) is 1. The maximum Gasteiger partial charge on any atom is 0.322 e. The van der Waals surface area contributed by atoms with E-state index in [1.807, 2.05) is 35.2 Å². The third kappa shape index (κ3) is 3.15. The number of carbonyl (C=O) groups is 1. The molecule has 6 nitrogen and oxygen atoms in total. The molecule has 3 heterocycles. The van der Waals surface area contributed by atoms with E-state index in [0.29, 0.717) is 16.4 Å². The number of halogens is 1. The Bertz CT molecular complexity index is 898. The highest BCUT2D eigenvalue weighted by atomic mass is 35.5. The maximum atomic E-state index is 13.0. The second-order valence-corrected chi connectivity index (χ2v) is 6.56. The topological polar surface area (TPSA) is 63.1 Å². The lowest BCUT2D eigenvalue weighted by Crippen LogP contribution is -2.34. The van der Waals surface area contributed by atoms with Crippen LogP contribution in [0.3, 0.4) is 0 Å². The zero-order valence-electron chi connectivity index (χ0n) is 14.0. The van der Waals surface area contributed by atoms with Gasteiger partial charge in [0.25, 0.3) is 0 Å². The smallest absolute Gasteiger partial charge is 0.317 e. The van der Waals surface area contributed by atoms with E-state index in [1.165, 1.54) is 0 Å². The first-order chi connectivity index (χ1) is 12.7.